The van der Waals surface area contributed by atoms with Gasteiger partial charge in [-0.2, -0.15) is 13.2 Å². The first-order chi connectivity index (χ1) is 12.2. The molecule has 1 aliphatic heterocycles. The number of piperidine rings is 1. The molecule has 0 radical (unpaired) electrons. The van der Waals surface area contributed by atoms with Crippen molar-refractivity contribution in [3.8, 4) is 5.75 Å². The third kappa shape index (κ3) is 5.11. The fraction of sp³-hybridized carbons (Fsp3) is 0.611. The summed E-state index contributed by atoms with van der Waals surface area (Å²) in [7, 11) is 0. The Morgan fingerprint density at radius 2 is 2.08 bits per heavy atom. The molecule has 146 valence electrons. The van der Waals surface area contributed by atoms with Crippen LogP contribution < -0.4 is 15.0 Å². The number of hydrogen-bond donors (Lipinski definition) is 2. The zero-order chi connectivity index (χ0) is 19.4. The van der Waals surface area contributed by atoms with E-state index in [-0.39, 0.29) is 11.2 Å². The van der Waals surface area contributed by atoms with E-state index in [0.717, 1.165) is 19.9 Å². The summed E-state index contributed by atoms with van der Waals surface area (Å²) in [5, 5.41) is 13.3. The zero-order valence-electron chi connectivity index (χ0n) is 14.9. The van der Waals surface area contributed by atoms with E-state index in [1.165, 1.54) is 17.0 Å². The Hall–Kier alpha value is -1.80. The maximum atomic E-state index is 12.5. The van der Waals surface area contributed by atoms with Crippen molar-refractivity contribution in [2.75, 3.05) is 24.5 Å². The molecule has 0 aliphatic carbocycles. The van der Waals surface area contributed by atoms with Crippen molar-refractivity contribution < 1.29 is 27.8 Å². The van der Waals surface area contributed by atoms with Gasteiger partial charge in [-0.05, 0) is 56.0 Å². The molecule has 8 heteroatoms. The van der Waals surface area contributed by atoms with Crippen LogP contribution >= 0.6 is 0 Å². The van der Waals surface area contributed by atoms with Gasteiger partial charge in [0.1, 0.15) is 5.75 Å². The second-order valence-corrected chi connectivity index (χ2v) is 6.97. The first-order valence-electron chi connectivity index (χ1n) is 8.60. The van der Waals surface area contributed by atoms with Crippen molar-refractivity contribution in [2.24, 2.45) is 5.41 Å². The van der Waals surface area contributed by atoms with Gasteiger partial charge in [-0.3, -0.25) is 4.79 Å². The summed E-state index contributed by atoms with van der Waals surface area (Å²) in [5.74, 6) is 0.0881. The molecule has 1 aromatic carbocycles. The fourth-order valence-electron chi connectivity index (χ4n) is 2.92. The van der Waals surface area contributed by atoms with Crippen molar-refractivity contribution in [3.05, 3.63) is 24.3 Å². The summed E-state index contributed by atoms with van der Waals surface area (Å²) in [6.45, 7) is 4.70. The molecule has 2 N–H and O–H groups in total. The van der Waals surface area contributed by atoms with Crippen molar-refractivity contribution in [1.29, 1.82) is 0 Å². The SMILES string of the molecule is CC(Oc1ccc(N(C=O)CCC2(C)CCNCC2O)cc1)C(F)(F)F. The Kier molecular flexibility index (Phi) is 6.52. The van der Waals surface area contributed by atoms with E-state index in [0.29, 0.717) is 31.6 Å². The monoisotopic (exact) mass is 374 g/mol. The van der Waals surface area contributed by atoms with E-state index < -0.39 is 18.4 Å². The largest absolute Gasteiger partial charge is 0.481 e. The fourth-order valence-corrected chi connectivity index (χ4v) is 2.92. The summed E-state index contributed by atoms with van der Waals surface area (Å²) >= 11 is 0. The first kappa shape index (κ1) is 20.5. The number of alkyl halides is 3. The summed E-state index contributed by atoms with van der Waals surface area (Å²) in [6, 6.07) is 5.92. The predicted molar refractivity (Wildman–Crippen MR) is 92.2 cm³/mol. The molecule has 1 saturated heterocycles. The van der Waals surface area contributed by atoms with Gasteiger partial charge in [-0.1, -0.05) is 6.92 Å². The minimum absolute atomic E-state index is 0.0881. The van der Waals surface area contributed by atoms with Crippen LogP contribution in [0.25, 0.3) is 0 Å². The summed E-state index contributed by atoms with van der Waals surface area (Å²) in [4.78, 5) is 12.9. The van der Waals surface area contributed by atoms with Gasteiger partial charge in [0.15, 0.2) is 6.10 Å². The zero-order valence-corrected chi connectivity index (χ0v) is 14.9. The van der Waals surface area contributed by atoms with Crippen molar-refractivity contribution in [3.63, 3.8) is 0 Å². The number of benzene rings is 1. The van der Waals surface area contributed by atoms with Gasteiger partial charge in [0.25, 0.3) is 0 Å². The Balaban J connectivity index is 1.98. The van der Waals surface area contributed by atoms with Gasteiger partial charge >= 0.3 is 6.18 Å². The molecule has 5 nitrogen and oxygen atoms in total. The third-order valence-corrected chi connectivity index (χ3v) is 5.01. The van der Waals surface area contributed by atoms with Gasteiger partial charge in [-0.25, -0.2) is 0 Å². The van der Waals surface area contributed by atoms with Gasteiger partial charge in [0, 0.05) is 18.8 Å². The van der Waals surface area contributed by atoms with Crippen LogP contribution in [0.3, 0.4) is 0 Å². The highest BCUT2D eigenvalue weighted by Gasteiger charge is 2.38. The lowest BCUT2D eigenvalue weighted by atomic mass is 9.76. The smallest absolute Gasteiger partial charge is 0.425 e. The van der Waals surface area contributed by atoms with E-state index in [2.05, 4.69) is 5.32 Å². The molecule has 0 bridgehead atoms. The van der Waals surface area contributed by atoms with E-state index in [1.54, 1.807) is 12.1 Å². The lowest BCUT2D eigenvalue weighted by molar-refractivity contribution is -0.189. The maximum absolute atomic E-state index is 12.5. The van der Waals surface area contributed by atoms with Crippen LogP contribution in [0.4, 0.5) is 18.9 Å². The Labute approximate surface area is 151 Å². The molecular weight excluding hydrogens is 349 g/mol. The van der Waals surface area contributed by atoms with Crippen molar-refractivity contribution in [1.82, 2.24) is 5.32 Å². The summed E-state index contributed by atoms with van der Waals surface area (Å²) < 4.78 is 42.5. The lowest BCUT2D eigenvalue weighted by Gasteiger charge is -2.39. The normalized spacial score (nSPS) is 24.8. The number of nitrogens with one attached hydrogen (secondary N) is 1. The molecule has 0 spiro atoms. The lowest BCUT2D eigenvalue weighted by Crippen LogP contribution is -2.48. The predicted octanol–water partition coefficient (Wildman–Crippen LogP) is 2.73. The van der Waals surface area contributed by atoms with Crippen LogP contribution in [0.15, 0.2) is 24.3 Å². The second kappa shape index (κ2) is 8.26. The highest BCUT2D eigenvalue weighted by Crippen LogP contribution is 2.33. The van der Waals surface area contributed by atoms with Gasteiger partial charge < -0.3 is 20.1 Å². The van der Waals surface area contributed by atoms with E-state index in [4.69, 9.17) is 4.74 Å². The number of nitrogens with zero attached hydrogens (tertiary/aromatic N) is 1. The number of hydrogen-bond acceptors (Lipinski definition) is 4. The Morgan fingerprint density at radius 3 is 2.62 bits per heavy atom. The van der Waals surface area contributed by atoms with Crippen LogP contribution in [-0.4, -0.2) is 49.5 Å². The molecular formula is C18H25F3N2O3. The average molecular weight is 374 g/mol. The van der Waals surface area contributed by atoms with Crippen molar-refractivity contribution in [2.45, 2.75) is 45.1 Å². The molecule has 1 aromatic rings. The number of aliphatic hydroxyl groups is 1. The van der Waals surface area contributed by atoms with E-state index >= 15 is 0 Å². The van der Waals surface area contributed by atoms with Crippen LogP contribution in [0.1, 0.15) is 26.7 Å². The number of carbonyl (C=O) groups is 1. The van der Waals surface area contributed by atoms with Gasteiger partial charge in [0.05, 0.1) is 6.10 Å². The Morgan fingerprint density at radius 1 is 1.42 bits per heavy atom. The van der Waals surface area contributed by atoms with Crippen LogP contribution in [0.2, 0.25) is 0 Å². The first-order valence-corrected chi connectivity index (χ1v) is 8.60. The topological polar surface area (TPSA) is 61.8 Å². The molecule has 0 saturated carbocycles. The van der Waals surface area contributed by atoms with Crippen LogP contribution in [0, 0.1) is 5.41 Å². The average Bonchev–Trinajstić information content (AvgIpc) is 2.59. The third-order valence-electron chi connectivity index (χ3n) is 5.01. The molecule has 26 heavy (non-hydrogen) atoms. The minimum atomic E-state index is -4.43. The van der Waals surface area contributed by atoms with Crippen LogP contribution in [-0.2, 0) is 4.79 Å². The molecule has 1 amide bonds. The molecule has 0 aromatic heterocycles. The number of aliphatic hydroxyl groups excluding tert-OH is 1. The van der Waals surface area contributed by atoms with E-state index in [9.17, 15) is 23.1 Å². The minimum Gasteiger partial charge on any atom is -0.481 e. The number of β-amino-alcohol motifs (C(OH)–C–C–N with tert-alkyl or cyclic N) is 1. The second-order valence-electron chi connectivity index (χ2n) is 6.97. The highest BCUT2D eigenvalue weighted by atomic mass is 19.4. The van der Waals surface area contributed by atoms with E-state index in [1.807, 2.05) is 6.92 Å². The molecule has 3 atom stereocenters. The molecule has 2 rings (SSSR count). The molecule has 1 aliphatic rings. The quantitative estimate of drug-likeness (QED) is 0.721. The molecule has 1 heterocycles. The number of carbonyl (C=O) groups excluding carboxylic acids is 1. The van der Waals surface area contributed by atoms with Gasteiger partial charge in [-0.15, -0.1) is 0 Å². The summed E-state index contributed by atoms with van der Waals surface area (Å²) in [6.07, 6.45) is -4.70. The number of ether oxygens (including phenoxy) is 1. The molecule has 3 unspecified atom stereocenters. The number of rotatable bonds is 7. The van der Waals surface area contributed by atoms with Gasteiger partial charge in [0.2, 0.25) is 6.41 Å². The molecule has 1 fully saturated rings. The summed E-state index contributed by atoms with van der Waals surface area (Å²) in [5.41, 5.74) is 0.288. The highest BCUT2D eigenvalue weighted by molar-refractivity contribution is 5.75. The van der Waals surface area contributed by atoms with Crippen LogP contribution in [0.5, 0.6) is 5.75 Å². The van der Waals surface area contributed by atoms with Crippen molar-refractivity contribution >= 4 is 12.1 Å². The maximum Gasteiger partial charge on any atom is 0.425 e. The standard InChI is InChI=1S/C18H25F3N2O3/c1-13(18(19,20)21)26-15-5-3-14(4-6-15)23(12-24)10-8-17(2)7-9-22-11-16(17)25/h3-6,12-13,16,22,25H,7-11H2,1-2H3. The number of halogens is 3. The number of anilines is 1. The Bertz CT molecular complexity index is 594. The number of amides is 1.